The number of nitrogens with zero attached hydrogens (tertiary/aromatic N) is 2. The number of nitrogens with one attached hydrogen (secondary N) is 1. The average molecular weight is 343 g/mol. The van der Waals surface area contributed by atoms with Crippen LogP contribution in [0.25, 0.3) is 0 Å². The summed E-state index contributed by atoms with van der Waals surface area (Å²) in [5.74, 6) is 0.918. The van der Waals surface area contributed by atoms with Crippen molar-refractivity contribution >= 4 is 28.1 Å². The third-order valence-corrected chi connectivity index (χ3v) is 5.82. The molecule has 2 aromatic rings. The van der Waals surface area contributed by atoms with Crippen molar-refractivity contribution < 1.29 is 9.53 Å². The molecule has 0 spiro atoms. The molecule has 1 aliphatic carbocycles. The molecule has 0 radical (unpaired) electrons. The van der Waals surface area contributed by atoms with Gasteiger partial charge in [0.2, 0.25) is 5.91 Å². The van der Waals surface area contributed by atoms with Crippen LogP contribution in [0.4, 0.5) is 10.8 Å². The molecule has 2 aliphatic rings. The smallest absolute Gasteiger partial charge is 0.249 e. The van der Waals surface area contributed by atoms with Crippen molar-refractivity contribution in [2.24, 2.45) is 0 Å². The van der Waals surface area contributed by atoms with Crippen molar-refractivity contribution in [2.45, 2.75) is 38.1 Å². The zero-order valence-corrected chi connectivity index (χ0v) is 14.6. The molecule has 1 aromatic carbocycles. The molecule has 1 fully saturated rings. The molecule has 4 rings (SSSR count). The van der Waals surface area contributed by atoms with E-state index in [0.29, 0.717) is 0 Å². The largest absolute Gasteiger partial charge is 0.497 e. The monoisotopic (exact) mass is 343 g/mol. The minimum atomic E-state index is -0.181. The van der Waals surface area contributed by atoms with E-state index < -0.39 is 0 Å². The summed E-state index contributed by atoms with van der Waals surface area (Å²) in [4.78, 5) is 20.6. The fourth-order valence-electron chi connectivity index (χ4n) is 3.40. The van der Waals surface area contributed by atoms with Crippen LogP contribution in [0, 0.1) is 0 Å². The Morgan fingerprint density at radius 1 is 1.25 bits per heavy atom. The molecule has 1 aromatic heterocycles. The molecule has 1 N–H and O–H groups in total. The standard InChI is InChI=1S/C18H21N3O2S/c1-23-13-8-6-12(7-9-13)21-11-10-15(17(21)22)20-18-19-14-4-2-3-5-16(14)24-18/h6-9,15H,2-5,10-11H2,1H3,(H,19,20). The Bertz CT molecular complexity index is 718. The van der Waals surface area contributed by atoms with Gasteiger partial charge >= 0.3 is 0 Å². The Labute approximate surface area is 145 Å². The third kappa shape index (κ3) is 2.86. The molecule has 126 valence electrons. The maximum atomic E-state index is 12.7. The van der Waals surface area contributed by atoms with Gasteiger partial charge in [-0.25, -0.2) is 4.98 Å². The normalized spacial score (nSPS) is 20.1. The maximum Gasteiger partial charge on any atom is 0.249 e. The van der Waals surface area contributed by atoms with Crippen molar-refractivity contribution in [1.29, 1.82) is 0 Å². The average Bonchev–Trinajstić information content (AvgIpc) is 3.19. The van der Waals surface area contributed by atoms with E-state index in [4.69, 9.17) is 4.74 Å². The summed E-state index contributed by atoms with van der Waals surface area (Å²) in [5.41, 5.74) is 2.15. The first kappa shape index (κ1) is 15.4. The summed E-state index contributed by atoms with van der Waals surface area (Å²) in [6, 6.07) is 7.46. The number of methoxy groups -OCH3 is 1. The van der Waals surface area contributed by atoms with E-state index in [1.165, 1.54) is 23.4 Å². The van der Waals surface area contributed by atoms with Gasteiger partial charge in [0.05, 0.1) is 12.8 Å². The van der Waals surface area contributed by atoms with Gasteiger partial charge in [-0.1, -0.05) is 0 Å². The van der Waals surface area contributed by atoms with Gasteiger partial charge in [0.15, 0.2) is 5.13 Å². The van der Waals surface area contributed by atoms with Gasteiger partial charge in [0.25, 0.3) is 0 Å². The Kier molecular flexibility index (Phi) is 4.14. The highest BCUT2D eigenvalue weighted by molar-refractivity contribution is 7.15. The number of hydrogen-bond acceptors (Lipinski definition) is 5. The molecule has 2 heterocycles. The van der Waals surface area contributed by atoms with Crippen LogP contribution in [0.1, 0.15) is 29.8 Å². The van der Waals surface area contributed by atoms with Crippen molar-refractivity contribution in [1.82, 2.24) is 4.98 Å². The second kappa shape index (κ2) is 6.43. The number of anilines is 2. The van der Waals surface area contributed by atoms with E-state index in [0.717, 1.165) is 42.4 Å². The topological polar surface area (TPSA) is 54.5 Å². The van der Waals surface area contributed by atoms with Crippen LogP contribution in [0.5, 0.6) is 5.75 Å². The van der Waals surface area contributed by atoms with Gasteiger partial charge in [-0.3, -0.25) is 4.79 Å². The Morgan fingerprint density at radius 2 is 2.04 bits per heavy atom. The number of ether oxygens (including phenoxy) is 1. The number of aromatic nitrogens is 1. The highest BCUT2D eigenvalue weighted by Gasteiger charge is 2.33. The van der Waals surface area contributed by atoms with Crippen molar-refractivity contribution in [3.63, 3.8) is 0 Å². The third-order valence-electron chi connectivity index (χ3n) is 4.73. The predicted octanol–water partition coefficient (Wildman–Crippen LogP) is 3.25. The lowest BCUT2D eigenvalue weighted by Crippen LogP contribution is -2.33. The lowest BCUT2D eigenvalue weighted by molar-refractivity contribution is -0.117. The van der Waals surface area contributed by atoms with Crippen molar-refractivity contribution in [3.05, 3.63) is 34.8 Å². The number of carbonyl (C=O) groups excluding carboxylic acids is 1. The van der Waals surface area contributed by atoms with Crippen LogP contribution in [0.3, 0.4) is 0 Å². The highest BCUT2D eigenvalue weighted by Crippen LogP contribution is 2.31. The van der Waals surface area contributed by atoms with Crippen LogP contribution < -0.4 is 15.0 Å². The number of thiazole rings is 1. The Morgan fingerprint density at radius 3 is 2.79 bits per heavy atom. The minimum Gasteiger partial charge on any atom is -0.497 e. The molecular formula is C18H21N3O2S. The van der Waals surface area contributed by atoms with E-state index in [1.54, 1.807) is 18.4 Å². The number of hydrogen-bond donors (Lipinski definition) is 1. The first-order valence-electron chi connectivity index (χ1n) is 8.45. The Hall–Kier alpha value is -2.08. The highest BCUT2D eigenvalue weighted by atomic mass is 32.1. The lowest BCUT2D eigenvalue weighted by Gasteiger charge is -2.17. The minimum absolute atomic E-state index is 0.119. The van der Waals surface area contributed by atoms with Gasteiger partial charge in [0.1, 0.15) is 11.8 Å². The van der Waals surface area contributed by atoms with E-state index in [-0.39, 0.29) is 11.9 Å². The van der Waals surface area contributed by atoms with E-state index in [2.05, 4.69) is 10.3 Å². The van der Waals surface area contributed by atoms with Gasteiger partial charge in [-0.2, -0.15) is 0 Å². The molecule has 1 atom stereocenters. The van der Waals surface area contributed by atoms with Crippen molar-refractivity contribution in [3.8, 4) is 5.75 Å². The second-order valence-corrected chi connectivity index (χ2v) is 7.35. The predicted molar refractivity (Wildman–Crippen MR) is 96.1 cm³/mol. The zero-order chi connectivity index (χ0) is 16.5. The molecule has 24 heavy (non-hydrogen) atoms. The Balaban J connectivity index is 1.45. The summed E-state index contributed by atoms with van der Waals surface area (Å²) in [7, 11) is 1.64. The molecule has 1 saturated heterocycles. The summed E-state index contributed by atoms with van der Waals surface area (Å²) >= 11 is 1.72. The molecule has 5 nitrogen and oxygen atoms in total. The first-order chi connectivity index (χ1) is 11.7. The fourth-order valence-corrected chi connectivity index (χ4v) is 4.50. The summed E-state index contributed by atoms with van der Waals surface area (Å²) in [6.45, 7) is 0.730. The number of carbonyl (C=O) groups is 1. The van der Waals surface area contributed by atoms with Gasteiger partial charge in [-0.05, 0) is 56.4 Å². The van der Waals surface area contributed by atoms with Crippen LogP contribution >= 0.6 is 11.3 Å². The molecular weight excluding hydrogens is 322 g/mol. The van der Waals surface area contributed by atoms with Crippen LogP contribution in [0.2, 0.25) is 0 Å². The summed E-state index contributed by atoms with van der Waals surface area (Å²) in [5, 5.41) is 4.26. The number of amides is 1. The molecule has 0 bridgehead atoms. The number of aryl methyl sites for hydroxylation is 2. The quantitative estimate of drug-likeness (QED) is 0.926. The maximum absolute atomic E-state index is 12.7. The lowest BCUT2D eigenvalue weighted by atomic mass is 10.0. The van der Waals surface area contributed by atoms with Gasteiger partial charge < -0.3 is 15.0 Å². The first-order valence-corrected chi connectivity index (χ1v) is 9.27. The number of rotatable bonds is 4. The van der Waals surface area contributed by atoms with Crippen LogP contribution in [0.15, 0.2) is 24.3 Å². The zero-order valence-electron chi connectivity index (χ0n) is 13.7. The SMILES string of the molecule is COc1ccc(N2CCC(Nc3nc4c(s3)CCCC4)C2=O)cc1. The molecule has 6 heteroatoms. The molecule has 1 amide bonds. The fraction of sp³-hybridized carbons (Fsp3) is 0.444. The second-order valence-electron chi connectivity index (χ2n) is 6.27. The number of benzene rings is 1. The molecule has 0 saturated carbocycles. The van der Waals surface area contributed by atoms with Crippen molar-refractivity contribution in [2.75, 3.05) is 23.9 Å². The van der Waals surface area contributed by atoms with Crippen LogP contribution in [-0.4, -0.2) is 30.6 Å². The summed E-state index contributed by atoms with van der Waals surface area (Å²) in [6.07, 6.45) is 5.48. The van der Waals surface area contributed by atoms with E-state index in [9.17, 15) is 4.79 Å². The van der Waals surface area contributed by atoms with Crippen LogP contribution in [-0.2, 0) is 17.6 Å². The van der Waals surface area contributed by atoms with E-state index in [1.807, 2.05) is 29.2 Å². The number of fused-ring (bicyclic) bond motifs is 1. The molecule has 1 aliphatic heterocycles. The molecule has 1 unspecified atom stereocenters. The summed E-state index contributed by atoms with van der Waals surface area (Å²) < 4.78 is 5.18. The van der Waals surface area contributed by atoms with Gasteiger partial charge in [-0.15, -0.1) is 11.3 Å². The van der Waals surface area contributed by atoms with Gasteiger partial charge in [0, 0.05) is 17.1 Å². The van der Waals surface area contributed by atoms with E-state index >= 15 is 0 Å².